The van der Waals surface area contributed by atoms with Crippen molar-refractivity contribution in [2.75, 3.05) is 7.05 Å². The summed E-state index contributed by atoms with van der Waals surface area (Å²) in [6, 6.07) is 7.09. The molecule has 0 atom stereocenters. The molecule has 16 heavy (non-hydrogen) atoms. The third-order valence-corrected chi connectivity index (χ3v) is 2.22. The molecule has 1 aromatic heterocycles. The van der Waals surface area contributed by atoms with E-state index in [1.54, 1.807) is 18.3 Å². The number of hydrogen-bond acceptors (Lipinski definition) is 4. The SMILES string of the molecule is CNCc1cnc(Cc2cccc(O)c2)o1. The van der Waals surface area contributed by atoms with Crippen LogP contribution in [0.4, 0.5) is 0 Å². The summed E-state index contributed by atoms with van der Waals surface area (Å²) in [6.45, 7) is 0.674. The van der Waals surface area contributed by atoms with Gasteiger partial charge in [0.1, 0.15) is 11.5 Å². The molecule has 2 aromatic rings. The molecule has 0 amide bonds. The molecule has 1 heterocycles. The topological polar surface area (TPSA) is 58.3 Å². The van der Waals surface area contributed by atoms with Crippen LogP contribution in [-0.4, -0.2) is 17.1 Å². The molecule has 0 radical (unpaired) electrons. The van der Waals surface area contributed by atoms with Crippen molar-refractivity contribution in [3.8, 4) is 5.75 Å². The minimum atomic E-state index is 0.263. The van der Waals surface area contributed by atoms with Crippen molar-refractivity contribution in [3.05, 3.63) is 47.7 Å². The van der Waals surface area contributed by atoms with Crippen LogP contribution >= 0.6 is 0 Å². The Morgan fingerprint density at radius 3 is 3.06 bits per heavy atom. The lowest BCUT2D eigenvalue weighted by Crippen LogP contribution is -2.03. The number of rotatable bonds is 4. The molecule has 0 saturated carbocycles. The van der Waals surface area contributed by atoms with Crippen molar-refractivity contribution in [1.29, 1.82) is 0 Å². The number of aromatic hydroxyl groups is 1. The van der Waals surface area contributed by atoms with Gasteiger partial charge >= 0.3 is 0 Å². The molecule has 0 unspecified atom stereocenters. The van der Waals surface area contributed by atoms with Gasteiger partial charge < -0.3 is 14.8 Å². The van der Waals surface area contributed by atoms with E-state index in [0.29, 0.717) is 18.9 Å². The number of phenols is 1. The number of nitrogens with one attached hydrogen (secondary N) is 1. The Hall–Kier alpha value is -1.81. The largest absolute Gasteiger partial charge is 0.508 e. The lowest BCUT2D eigenvalue weighted by atomic mass is 10.1. The van der Waals surface area contributed by atoms with Crippen LogP contribution in [0.3, 0.4) is 0 Å². The molecule has 0 saturated heterocycles. The molecule has 2 rings (SSSR count). The van der Waals surface area contributed by atoms with Gasteiger partial charge in [0.15, 0.2) is 5.89 Å². The Morgan fingerprint density at radius 1 is 1.44 bits per heavy atom. The maximum Gasteiger partial charge on any atom is 0.198 e. The van der Waals surface area contributed by atoms with Gasteiger partial charge in [-0.15, -0.1) is 0 Å². The van der Waals surface area contributed by atoms with Crippen LogP contribution in [0.2, 0.25) is 0 Å². The van der Waals surface area contributed by atoms with Gasteiger partial charge in [0.05, 0.1) is 12.7 Å². The standard InChI is InChI=1S/C12H14N2O2/c1-13-7-11-8-14-12(16-11)6-9-3-2-4-10(15)5-9/h2-5,8,13,15H,6-7H2,1H3. The summed E-state index contributed by atoms with van der Waals surface area (Å²) in [6.07, 6.45) is 2.31. The highest BCUT2D eigenvalue weighted by Crippen LogP contribution is 2.15. The lowest BCUT2D eigenvalue weighted by molar-refractivity contribution is 0.452. The fourth-order valence-electron chi connectivity index (χ4n) is 1.53. The Balaban J connectivity index is 2.08. The van der Waals surface area contributed by atoms with Gasteiger partial charge in [-0.25, -0.2) is 4.98 Å². The van der Waals surface area contributed by atoms with Gasteiger partial charge in [-0.3, -0.25) is 0 Å². The first-order valence-corrected chi connectivity index (χ1v) is 5.14. The van der Waals surface area contributed by atoms with Gasteiger partial charge in [-0.05, 0) is 24.7 Å². The maximum absolute atomic E-state index is 9.32. The van der Waals surface area contributed by atoms with E-state index in [9.17, 15) is 5.11 Å². The summed E-state index contributed by atoms with van der Waals surface area (Å²) in [5, 5.41) is 12.3. The van der Waals surface area contributed by atoms with Crippen LogP contribution in [0.25, 0.3) is 0 Å². The van der Waals surface area contributed by atoms with E-state index in [0.717, 1.165) is 11.3 Å². The number of benzene rings is 1. The number of oxazole rings is 1. The zero-order valence-electron chi connectivity index (χ0n) is 9.10. The minimum absolute atomic E-state index is 0.263. The number of phenolic OH excluding ortho intramolecular Hbond substituents is 1. The Kier molecular flexibility index (Phi) is 3.22. The summed E-state index contributed by atoms with van der Waals surface area (Å²) in [4.78, 5) is 4.17. The first-order chi connectivity index (χ1) is 7.78. The average Bonchev–Trinajstić information content (AvgIpc) is 2.66. The van der Waals surface area contributed by atoms with E-state index in [4.69, 9.17) is 4.42 Å². The molecular formula is C12H14N2O2. The van der Waals surface area contributed by atoms with Crippen molar-refractivity contribution in [2.45, 2.75) is 13.0 Å². The predicted octanol–water partition coefficient (Wildman–Crippen LogP) is 1.69. The fourth-order valence-corrected chi connectivity index (χ4v) is 1.53. The number of hydrogen-bond donors (Lipinski definition) is 2. The van der Waals surface area contributed by atoms with Crippen molar-refractivity contribution < 1.29 is 9.52 Å². The van der Waals surface area contributed by atoms with Crippen LogP contribution in [0.5, 0.6) is 5.75 Å². The molecule has 0 aliphatic rings. The van der Waals surface area contributed by atoms with Crippen molar-refractivity contribution in [2.24, 2.45) is 0 Å². The second-order valence-corrected chi connectivity index (χ2v) is 3.60. The summed E-state index contributed by atoms with van der Waals surface area (Å²) < 4.78 is 5.51. The Bertz CT molecular complexity index is 466. The van der Waals surface area contributed by atoms with Crippen LogP contribution in [0.1, 0.15) is 17.2 Å². The van der Waals surface area contributed by atoms with Crippen LogP contribution in [-0.2, 0) is 13.0 Å². The fraction of sp³-hybridized carbons (Fsp3) is 0.250. The third kappa shape index (κ3) is 2.61. The summed E-state index contributed by atoms with van der Waals surface area (Å²) in [5.41, 5.74) is 0.984. The van der Waals surface area contributed by atoms with E-state index in [2.05, 4.69) is 10.3 Å². The third-order valence-electron chi connectivity index (χ3n) is 2.22. The van der Waals surface area contributed by atoms with E-state index in [1.165, 1.54) is 0 Å². The molecule has 1 aromatic carbocycles. The van der Waals surface area contributed by atoms with E-state index < -0.39 is 0 Å². The highest BCUT2D eigenvalue weighted by atomic mass is 16.4. The van der Waals surface area contributed by atoms with Crippen LogP contribution in [0, 0.1) is 0 Å². The molecule has 4 heteroatoms. The lowest BCUT2D eigenvalue weighted by Gasteiger charge is -1.98. The summed E-state index contributed by atoms with van der Waals surface area (Å²) in [5.74, 6) is 1.74. The molecule has 0 spiro atoms. The molecule has 0 bridgehead atoms. The van der Waals surface area contributed by atoms with Gasteiger partial charge in [0, 0.05) is 6.42 Å². The number of nitrogens with zero attached hydrogens (tertiary/aromatic N) is 1. The summed E-state index contributed by atoms with van der Waals surface area (Å²) in [7, 11) is 1.86. The zero-order chi connectivity index (χ0) is 11.4. The molecule has 2 N–H and O–H groups in total. The van der Waals surface area contributed by atoms with E-state index in [-0.39, 0.29) is 5.75 Å². The van der Waals surface area contributed by atoms with Gasteiger partial charge in [0.2, 0.25) is 0 Å². The number of aromatic nitrogens is 1. The monoisotopic (exact) mass is 218 g/mol. The average molecular weight is 218 g/mol. The van der Waals surface area contributed by atoms with Gasteiger partial charge in [0.25, 0.3) is 0 Å². The van der Waals surface area contributed by atoms with Gasteiger partial charge in [-0.2, -0.15) is 0 Å². The smallest absolute Gasteiger partial charge is 0.198 e. The van der Waals surface area contributed by atoms with Crippen molar-refractivity contribution in [3.63, 3.8) is 0 Å². The first kappa shape index (κ1) is 10.7. The molecule has 4 nitrogen and oxygen atoms in total. The van der Waals surface area contributed by atoms with Crippen LogP contribution in [0.15, 0.2) is 34.9 Å². The minimum Gasteiger partial charge on any atom is -0.508 e. The molecule has 0 fully saturated rings. The molecule has 0 aliphatic heterocycles. The normalized spacial score (nSPS) is 10.6. The first-order valence-electron chi connectivity index (χ1n) is 5.14. The summed E-state index contributed by atoms with van der Waals surface area (Å²) >= 11 is 0. The second kappa shape index (κ2) is 4.81. The van der Waals surface area contributed by atoms with E-state index >= 15 is 0 Å². The van der Waals surface area contributed by atoms with Crippen molar-refractivity contribution in [1.82, 2.24) is 10.3 Å². The Morgan fingerprint density at radius 2 is 2.31 bits per heavy atom. The quantitative estimate of drug-likeness (QED) is 0.820. The highest BCUT2D eigenvalue weighted by molar-refractivity contribution is 5.28. The van der Waals surface area contributed by atoms with E-state index in [1.807, 2.05) is 19.2 Å². The van der Waals surface area contributed by atoms with Gasteiger partial charge in [-0.1, -0.05) is 12.1 Å². The molecule has 84 valence electrons. The predicted molar refractivity (Wildman–Crippen MR) is 60.2 cm³/mol. The second-order valence-electron chi connectivity index (χ2n) is 3.60. The molecule has 0 aliphatic carbocycles. The zero-order valence-corrected chi connectivity index (χ0v) is 9.10. The highest BCUT2D eigenvalue weighted by Gasteiger charge is 2.04. The van der Waals surface area contributed by atoms with Crippen LogP contribution < -0.4 is 5.32 Å². The maximum atomic E-state index is 9.32. The Labute approximate surface area is 93.9 Å². The van der Waals surface area contributed by atoms with Crippen molar-refractivity contribution >= 4 is 0 Å². The molecular weight excluding hydrogens is 204 g/mol.